The van der Waals surface area contributed by atoms with Crippen LogP contribution in [0, 0.1) is 11.8 Å². The van der Waals surface area contributed by atoms with Crippen LogP contribution in [-0.4, -0.2) is 22.3 Å². The zero-order valence-corrected chi connectivity index (χ0v) is 10.3. The standard InChI is InChI=1S/C12H17N3S/c1-16-11-6-10(13-7-14-11)15-12(8-2-3-8)9-4-5-9/h6-9,12H,2-5H2,1H3,(H,13,14,15). The Balaban J connectivity index is 1.70. The second kappa shape index (κ2) is 4.24. The van der Waals surface area contributed by atoms with Crippen molar-refractivity contribution in [1.82, 2.24) is 9.97 Å². The van der Waals surface area contributed by atoms with Crippen molar-refractivity contribution in [3.8, 4) is 0 Å². The van der Waals surface area contributed by atoms with E-state index >= 15 is 0 Å². The van der Waals surface area contributed by atoms with E-state index in [-0.39, 0.29) is 0 Å². The van der Waals surface area contributed by atoms with Gasteiger partial charge in [-0.1, -0.05) is 0 Å². The summed E-state index contributed by atoms with van der Waals surface area (Å²) in [5, 5.41) is 4.66. The number of anilines is 1. The van der Waals surface area contributed by atoms with E-state index in [1.807, 2.05) is 6.26 Å². The fourth-order valence-corrected chi connectivity index (χ4v) is 2.61. The predicted octanol–water partition coefficient (Wildman–Crippen LogP) is 2.80. The molecule has 0 unspecified atom stereocenters. The van der Waals surface area contributed by atoms with Gasteiger partial charge in [0.2, 0.25) is 0 Å². The van der Waals surface area contributed by atoms with E-state index < -0.39 is 0 Å². The maximum absolute atomic E-state index is 4.31. The highest BCUT2D eigenvalue weighted by Gasteiger charge is 2.41. The molecule has 0 atom stereocenters. The minimum atomic E-state index is 0.671. The third-order valence-electron chi connectivity index (χ3n) is 3.43. The molecule has 1 aromatic rings. The first-order valence-corrected chi connectivity index (χ1v) is 7.22. The second-order valence-electron chi connectivity index (χ2n) is 4.79. The molecule has 2 aliphatic rings. The summed E-state index contributed by atoms with van der Waals surface area (Å²) >= 11 is 1.67. The van der Waals surface area contributed by atoms with Gasteiger partial charge in [0.25, 0.3) is 0 Å². The van der Waals surface area contributed by atoms with Crippen LogP contribution in [0.4, 0.5) is 5.82 Å². The number of nitrogens with zero attached hydrogens (tertiary/aromatic N) is 2. The summed E-state index contributed by atoms with van der Waals surface area (Å²) in [6.07, 6.45) is 9.29. The molecule has 0 bridgehead atoms. The molecule has 3 rings (SSSR count). The van der Waals surface area contributed by atoms with Crippen molar-refractivity contribution in [2.45, 2.75) is 36.8 Å². The zero-order valence-electron chi connectivity index (χ0n) is 9.52. The molecule has 1 N–H and O–H groups in total. The Hall–Kier alpha value is -0.770. The summed E-state index contributed by atoms with van der Waals surface area (Å²) in [6.45, 7) is 0. The Labute approximate surface area is 100 Å². The van der Waals surface area contributed by atoms with E-state index in [1.165, 1.54) is 25.7 Å². The Kier molecular flexibility index (Phi) is 2.75. The first-order valence-electron chi connectivity index (χ1n) is 5.99. The molecule has 3 nitrogen and oxygen atoms in total. The normalized spacial score (nSPS) is 20.1. The van der Waals surface area contributed by atoms with Crippen LogP contribution in [0.3, 0.4) is 0 Å². The van der Waals surface area contributed by atoms with Gasteiger partial charge in [0, 0.05) is 12.1 Å². The lowest BCUT2D eigenvalue weighted by Crippen LogP contribution is -2.24. The number of thioether (sulfide) groups is 1. The van der Waals surface area contributed by atoms with Crippen LogP contribution in [0.5, 0.6) is 0 Å². The summed E-state index contributed by atoms with van der Waals surface area (Å²) in [5.74, 6) is 2.81. The van der Waals surface area contributed by atoms with Crippen LogP contribution in [0.25, 0.3) is 0 Å². The highest BCUT2D eigenvalue weighted by molar-refractivity contribution is 7.98. The van der Waals surface area contributed by atoms with E-state index in [2.05, 4.69) is 21.4 Å². The minimum absolute atomic E-state index is 0.671. The summed E-state index contributed by atoms with van der Waals surface area (Å²) in [5.41, 5.74) is 0. The molecule has 4 heteroatoms. The fourth-order valence-electron chi connectivity index (χ4n) is 2.23. The van der Waals surface area contributed by atoms with E-state index in [1.54, 1.807) is 18.1 Å². The minimum Gasteiger partial charge on any atom is -0.367 e. The Morgan fingerprint density at radius 3 is 2.50 bits per heavy atom. The van der Waals surface area contributed by atoms with Gasteiger partial charge in [-0.3, -0.25) is 0 Å². The fraction of sp³-hybridized carbons (Fsp3) is 0.667. The topological polar surface area (TPSA) is 37.8 Å². The first-order chi connectivity index (χ1) is 7.86. The summed E-state index contributed by atoms with van der Waals surface area (Å²) < 4.78 is 0. The van der Waals surface area contributed by atoms with Gasteiger partial charge in [0.15, 0.2) is 0 Å². The lowest BCUT2D eigenvalue weighted by Gasteiger charge is -2.18. The van der Waals surface area contributed by atoms with Gasteiger partial charge in [-0.25, -0.2) is 9.97 Å². The molecular formula is C12H17N3S. The average molecular weight is 235 g/mol. The molecule has 0 spiro atoms. The smallest absolute Gasteiger partial charge is 0.130 e. The molecule has 16 heavy (non-hydrogen) atoms. The molecule has 0 aliphatic heterocycles. The van der Waals surface area contributed by atoms with Crippen molar-refractivity contribution >= 4 is 17.6 Å². The van der Waals surface area contributed by atoms with E-state index in [0.717, 1.165) is 22.7 Å². The first kappa shape index (κ1) is 10.4. The third kappa shape index (κ3) is 2.32. The molecule has 86 valence electrons. The Morgan fingerprint density at radius 1 is 1.25 bits per heavy atom. The van der Waals surface area contributed by atoms with Crippen molar-refractivity contribution in [3.05, 3.63) is 12.4 Å². The maximum atomic E-state index is 4.31. The van der Waals surface area contributed by atoms with E-state index in [4.69, 9.17) is 0 Å². The van der Waals surface area contributed by atoms with Gasteiger partial charge >= 0.3 is 0 Å². The van der Waals surface area contributed by atoms with E-state index in [0.29, 0.717) is 6.04 Å². The van der Waals surface area contributed by atoms with Gasteiger partial charge in [0.05, 0.1) is 0 Å². The van der Waals surface area contributed by atoms with Gasteiger partial charge in [-0.2, -0.15) is 0 Å². The highest BCUT2D eigenvalue weighted by atomic mass is 32.2. The summed E-state index contributed by atoms with van der Waals surface area (Å²) in [7, 11) is 0. The molecule has 2 saturated carbocycles. The quantitative estimate of drug-likeness (QED) is 0.629. The number of aromatic nitrogens is 2. The third-order valence-corrected chi connectivity index (χ3v) is 4.07. The molecular weight excluding hydrogens is 218 g/mol. The maximum Gasteiger partial charge on any atom is 0.130 e. The van der Waals surface area contributed by atoms with Crippen LogP contribution in [0.1, 0.15) is 25.7 Å². The Morgan fingerprint density at radius 2 is 1.94 bits per heavy atom. The van der Waals surface area contributed by atoms with Crippen LogP contribution < -0.4 is 5.32 Å². The summed E-state index contributed by atoms with van der Waals surface area (Å²) in [6, 6.07) is 2.73. The summed E-state index contributed by atoms with van der Waals surface area (Å²) in [4.78, 5) is 8.51. The zero-order chi connectivity index (χ0) is 11.0. The van der Waals surface area contributed by atoms with Crippen molar-refractivity contribution in [2.24, 2.45) is 11.8 Å². The monoisotopic (exact) mass is 235 g/mol. The average Bonchev–Trinajstić information content (AvgIpc) is 3.18. The molecule has 0 saturated heterocycles. The second-order valence-corrected chi connectivity index (χ2v) is 5.62. The van der Waals surface area contributed by atoms with E-state index in [9.17, 15) is 0 Å². The lowest BCUT2D eigenvalue weighted by molar-refractivity contribution is 0.565. The number of nitrogens with one attached hydrogen (secondary N) is 1. The number of hydrogen-bond acceptors (Lipinski definition) is 4. The Bertz CT molecular complexity index is 362. The number of rotatable bonds is 5. The molecule has 2 aliphatic carbocycles. The SMILES string of the molecule is CSc1cc(NC(C2CC2)C2CC2)ncn1. The van der Waals surface area contributed by atoms with Crippen LogP contribution >= 0.6 is 11.8 Å². The van der Waals surface area contributed by atoms with Crippen molar-refractivity contribution in [3.63, 3.8) is 0 Å². The van der Waals surface area contributed by atoms with Crippen molar-refractivity contribution in [2.75, 3.05) is 11.6 Å². The van der Waals surface area contributed by atoms with Crippen LogP contribution in [-0.2, 0) is 0 Å². The predicted molar refractivity (Wildman–Crippen MR) is 66.7 cm³/mol. The molecule has 1 heterocycles. The van der Waals surface area contributed by atoms with Crippen molar-refractivity contribution in [1.29, 1.82) is 0 Å². The number of hydrogen-bond donors (Lipinski definition) is 1. The van der Waals surface area contributed by atoms with Gasteiger partial charge in [-0.05, 0) is 43.8 Å². The van der Waals surface area contributed by atoms with Gasteiger partial charge < -0.3 is 5.32 Å². The highest BCUT2D eigenvalue weighted by Crippen LogP contribution is 2.45. The van der Waals surface area contributed by atoms with Gasteiger partial charge in [-0.15, -0.1) is 11.8 Å². The van der Waals surface area contributed by atoms with Gasteiger partial charge in [0.1, 0.15) is 17.2 Å². The molecule has 2 fully saturated rings. The molecule has 0 radical (unpaired) electrons. The molecule has 0 amide bonds. The van der Waals surface area contributed by atoms with Crippen molar-refractivity contribution < 1.29 is 0 Å². The molecule has 0 aromatic carbocycles. The van der Waals surface area contributed by atoms with Crippen LogP contribution in [0.2, 0.25) is 0 Å². The largest absolute Gasteiger partial charge is 0.367 e. The molecule has 1 aromatic heterocycles. The lowest BCUT2D eigenvalue weighted by atomic mass is 10.1. The van der Waals surface area contributed by atoms with Crippen LogP contribution in [0.15, 0.2) is 17.4 Å².